The van der Waals surface area contributed by atoms with Crippen molar-refractivity contribution in [1.82, 2.24) is 0 Å². The van der Waals surface area contributed by atoms with Gasteiger partial charge in [-0.3, -0.25) is 4.79 Å². The van der Waals surface area contributed by atoms with Crippen LogP contribution >= 0.6 is 11.6 Å². The predicted octanol–water partition coefficient (Wildman–Crippen LogP) is 6.19. The summed E-state index contributed by atoms with van der Waals surface area (Å²) >= 11 is 5.92. The maximum atomic E-state index is 12.8. The van der Waals surface area contributed by atoms with E-state index in [1.165, 1.54) is 0 Å². The molecule has 150 valence electrons. The third-order valence-corrected chi connectivity index (χ3v) is 4.72. The standard InChI is InChI=1S/C24H24ClNO3/c1-4-28-23-12-7-18(24(27)26-22-13-16(2)5-6-17(22)3)14-19(23)15-29-21-10-8-20(25)9-11-21/h5-14H,4,15H2,1-3H3,(H,26,27). The van der Waals surface area contributed by atoms with Crippen molar-refractivity contribution in [3.8, 4) is 11.5 Å². The second kappa shape index (κ2) is 9.48. The van der Waals surface area contributed by atoms with Crippen LogP contribution in [0.3, 0.4) is 0 Å². The highest BCUT2D eigenvalue weighted by molar-refractivity contribution is 6.30. The zero-order valence-corrected chi connectivity index (χ0v) is 17.5. The van der Waals surface area contributed by atoms with Crippen molar-refractivity contribution in [2.75, 3.05) is 11.9 Å². The minimum absolute atomic E-state index is 0.172. The summed E-state index contributed by atoms with van der Waals surface area (Å²) in [6.45, 7) is 6.70. The Kier molecular flexibility index (Phi) is 6.78. The molecule has 0 heterocycles. The van der Waals surface area contributed by atoms with Gasteiger partial charge in [-0.05, 0) is 80.4 Å². The molecular weight excluding hydrogens is 386 g/mol. The molecule has 0 radical (unpaired) electrons. The van der Waals surface area contributed by atoms with Gasteiger partial charge in [0.15, 0.2) is 0 Å². The van der Waals surface area contributed by atoms with Crippen LogP contribution in [0.1, 0.15) is 34.0 Å². The summed E-state index contributed by atoms with van der Waals surface area (Å²) in [6.07, 6.45) is 0. The summed E-state index contributed by atoms with van der Waals surface area (Å²) in [5.74, 6) is 1.22. The molecule has 0 aliphatic rings. The highest BCUT2D eigenvalue weighted by atomic mass is 35.5. The fourth-order valence-electron chi connectivity index (χ4n) is 2.89. The van der Waals surface area contributed by atoms with E-state index in [0.29, 0.717) is 28.7 Å². The van der Waals surface area contributed by atoms with Crippen LogP contribution in [0.15, 0.2) is 60.7 Å². The first kappa shape index (κ1) is 20.7. The first-order chi connectivity index (χ1) is 14.0. The number of nitrogens with one attached hydrogen (secondary N) is 1. The lowest BCUT2D eigenvalue weighted by Gasteiger charge is -2.14. The molecule has 29 heavy (non-hydrogen) atoms. The maximum absolute atomic E-state index is 12.8. The summed E-state index contributed by atoms with van der Waals surface area (Å²) in [5, 5.41) is 3.64. The Morgan fingerprint density at radius 2 is 1.72 bits per heavy atom. The molecule has 0 aliphatic carbocycles. The van der Waals surface area contributed by atoms with E-state index in [1.54, 1.807) is 36.4 Å². The summed E-state index contributed by atoms with van der Waals surface area (Å²) in [5.41, 5.74) is 4.26. The molecule has 0 bridgehead atoms. The van der Waals surface area contributed by atoms with Gasteiger partial charge in [-0.25, -0.2) is 0 Å². The van der Waals surface area contributed by atoms with Gasteiger partial charge < -0.3 is 14.8 Å². The average molecular weight is 410 g/mol. The molecule has 0 aliphatic heterocycles. The van der Waals surface area contributed by atoms with Crippen molar-refractivity contribution in [2.24, 2.45) is 0 Å². The Bertz CT molecular complexity index is 1000. The van der Waals surface area contributed by atoms with Crippen LogP contribution in [0.25, 0.3) is 0 Å². The van der Waals surface area contributed by atoms with E-state index in [9.17, 15) is 4.79 Å². The van der Waals surface area contributed by atoms with Crippen LogP contribution in [0.5, 0.6) is 11.5 Å². The summed E-state index contributed by atoms with van der Waals surface area (Å²) in [7, 11) is 0. The van der Waals surface area contributed by atoms with Crippen LogP contribution in [0, 0.1) is 13.8 Å². The minimum Gasteiger partial charge on any atom is -0.493 e. The van der Waals surface area contributed by atoms with Crippen LogP contribution in [0.4, 0.5) is 5.69 Å². The molecule has 3 rings (SSSR count). The Hall–Kier alpha value is -2.98. The molecule has 3 aromatic carbocycles. The molecule has 0 spiro atoms. The van der Waals surface area contributed by atoms with Crippen molar-refractivity contribution < 1.29 is 14.3 Å². The van der Waals surface area contributed by atoms with Crippen LogP contribution in [-0.4, -0.2) is 12.5 Å². The van der Waals surface area contributed by atoms with Crippen molar-refractivity contribution in [3.63, 3.8) is 0 Å². The molecular formula is C24H24ClNO3. The molecule has 5 heteroatoms. The second-order valence-corrected chi connectivity index (χ2v) is 7.21. The summed E-state index contributed by atoms with van der Waals surface area (Å²) < 4.78 is 11.6. The first-order valence-electron chi connectivity index (χ1n) is 9.49. The monoisotopic (exact) mass is 409 g/mol. The number of halogens is 1. The average Bonchev–Trinajstić information content (AvgIpc) is 2.71. The van der Waals surface area contributed by atoms with Gasteiger partial charge in [0.05, 0.1) is 6.61 Å². The number of hydrogen-bond acceptors (Lipinski definition) is 3. The number of rotatable bonds is 7. The SMILES string of the molecule is CCOc1ccc(C(=O)Nc2cc(C)ccc2C)cc1COc1ccc(Cl)cc1. The van der Waals surface area contributed by atoms with Crippen LogP contribution in [0.2, 0.25) is 5.02 Å². The van der Waals surface area contributed by atoms with E-state index in [4.69, 9.17) is 21.1 Å². The Morgan fingerprint density at radius 3 is 2.45 bits per heavy atom. The van der Waals surface area contributed by atoms with Crippen LogP contribution < -0.4 is 14.8 Å². The van der Waals surface area contributed by atoms with E-state index in [2.05, 4.69) is 5.32 Å². The lowest BCUT2D eigenvalue weighted by molar-refractivity contribution is 0.102. The number of aryl methyl sites for hydroxylation is 2. The number of amides is 1. The molecule has 0 saturated carbocycles. The van der Waals surface area contributed by atoms with E-state index in [1.807, 2.05) is 45.0 Å². The third kappa shape index (κ3) is 5.52. The fourth-order valence-corrected chi connectivity index (χ4v) is 3.01. The van der Waals surface area contributed by atoms with Crippen LogP contribution in [-0.2, 0) is 6.61 Å². The zero-order chi connectivity index (χ0) is 20.8. The van der Waals surface area contributed by atoms with Gasteiger partial charge in [0, 0.05) is 21.8 Å². The summed E-state index contributed by atoms with van der Waals surface area (Å²) in [4.78, 5) is 12.8. The van der Waals surface area contributed by atoms with Gasteiger partial charge in [-0.1, -0.05) is 23.7 Å². The highest BCUT2D eigenvalue weighted by Gasteiger charge is 2.13. The lowest BCUT2D eigenvalue weighted by atomic mass is 10.1. The molecule has 0 unspecified atom stereocenters. The van der Waals surface area contributed by atoms with E-state index in [-0.39, 0.29) is 12.5 Å². The van der Waals surface area contributed by atoms with E-state index in [0.717, 1.165) is 22.4 Å². The second-order valence-electron chi connectivity index (χ2n) is 6.77. The molecule has 0 atom stereocenters. The molecule has 0 aromatic heterocycles. The first-order valence-corrected chi connectivity index (χ1v) is 9.86. The molecule has 4 nitrogen and oxygen atoms in total. The van der Waals surface area contributed by atoms with Gasteiger partial charge in [0.25, 0.3) is 5.91 Å². The normalized spacial score (nSPS) is 10.5. The Labute approximate surface area is 176 Å². The minimum atomic E-state index is -0.172. The highest BCUT2D eigenvalue weighted by Crippen LogP contribution is 2.25. The van der Waals surface area contributed by atoms with E-state index < -0.39 is 0 Å². The predicted molar refractivity (Wildman–Crippen MR) is 117 cm³/mol. The lowest BCUT2D eigenvalue weighted by Crippen LogP contribution is -2.14. The topological polar surface area (TPSA) is 47.6 Å². The fraction of sp³-hybridized carbons (Fsp3) is 0.208. The van der Waals surface area contributed by atoms with Crippen molar-refractivity contribution in [2.45, 2.75) is 27.4 Å². The van der Waals surface area contributed by atoms with Gasteiger partial charge in [0.2, 0.25) is 0 Å². The number of hydrogen-bond donors (Lipinski definition) is 1. The Balaban J connectivity index is 1.80. The zero-order valence-electron chi connectivity index (χ0n) is 16.8. The number of benzene rings is 3. The number of carbonyl (C=O) groups is 1. The maximum Gasteiger partial charge on any atom is 0.255 e. The smallest absolute Gasteiger partial charge is 0.255 e. The quantitative estimate of drug-likeness (QED) is 0.506. The molecule has 0 saturated heterocycles. The molecule has 3 aromatic rings. The van der Waals surface area contributed by atoms with Crippen molar-refractivity contribution in [3.05, 3.63) is 87.9 Å². The van der Waals surface area contributed by atoms with E-state index >= 15 is 0 Å². The van der Waals surface area contributed by atoms with Gasteiger partial charge in [0.1, 0.15) is 18.1 Å². The number of carbonyl (C=O) groups excluding carboxylic acids is 1. The third-order valence-electron chi connectivity index (χ3n) is 4.47. The number of ether oxygens (including phenoxy) is 2. The Morgan fingerprint density at radius 1 is 0.966 bits per heavy atom. The van der Waals surface area contributed by atoms with Gasteiger partial charge in [-0.2, -0.15) is 0 Å². The molecule has 1 N–H and O–H groups in total. The van der Waals surface area contributed by atoms with Gasteiger partial charge >= 0.3 is 0 Å². The largest absolute Gasteiger partial charge is 0.493 e. The molecule has 0 fully saturated rings. The van der Waals surface area contributed by atoms with Gasteiger partial charge in [-0.15, -0.1) is 0 Å². The number of anilines is 1. The van der Waals surface area contributed by atoms with Crippen molar-refractivity contribution in [1.29, 1.82) is 0 Å². The summed E-state index contributed by atoms with van der Waals surface area (Å²) in [6, 6.07) is 18.5. The molecule has 1 amide bonds. The van der Waals surface area contributed by atoms with Crippen molar-refractivity contribution >= 4 is 23.2 Å².